The van der Waals surface area contributed by atoms with Crippen LogP contribution in [0.3, 0.4) is 0 Å². The summed E-state index contributed by atoms with van der Waals surface area (Å²) in [7, 11) is 72.4. The summed E-state index contributed by atoms with van der Waals surface area (Å²) in [5, 5.41) is 2.65. The molecule has 24 unspecified atom stereocenters. The summed E-state index contributed by atoms with van der Waals surface area (Å²) in [5.74, 6) is 0. The lowest BCUT2D eigenvalue weighted by atomic mass is 9.82. The molecule has 0 fully saturated rings. The highest BCUT2D eigenvalue weighted by Gasteiger charge is 2.56. The number of thiophene rings is 1. The third kappa shape index (κ3) is 19.9. The molecule has 0 aliphatic heterocycles. The molecule has 2 aliphatic carbocycles. The molecule has 8 aromatic rings. The van der Waals surface area contributed by atoms with E-state index in [0.29, 0.717) is 0 Å². The summed E-state index contributed by atoms with van der Waals surface area (Å²) in [6.45, 7) is 7.87. The maximum Gasteiger partial charge on any atom is 0.0543 e. The van der Waals surface area contributed by atoms with Gasteiger partial charge in [0.25, 0.3) is 0 Å². The average molecular weight is 1970 g/mol. The van der Waals surface area contributed by atoms with E-state index >= 15 is 0 Å². The van der Waals surface area contributed by atoms with Crippen LogP contribution in [0.15, 0.2) is 152 Å². The molecule has 1 nitrogen and oxygen atoms in total. The Kier molecular flexibility index (Phi) is 38.1. The van der Waals surface area contributed by atoms with Gasteiger partial charge in [-0.25, -0.2) is 0 Å². The molecule has 488 valence electrons. The number of anilines is 3. The van der Waals surface area contributed by atoms with Gasteiger partial charge in [0.1, 0.15) is 0 Å². The van der Waals surface area contributed by atoms with Crippen LogP contribution in [-0.2, 0) is 10.8 Å². The normalized spacial score (nSPS) is 15.3. The average Bonchev–Trinajstić information content (AvgIpc) is 1.61. The van der Waals surface area contributed by atoms with Crippen molar-refractivity contribution in [2.24, 2.45) is 0 Å². The molecule has 1 aromatic heterocycles. The van der Waals surface area contributed by atoms with E-state index in [4.69, 9.17) is 0 Å². The molecule has 43 heteroatoms. The molecular weight excluding hydrogens is 1890 g/mol. The highest BCUT2D eigenvalue weighted by atomic mass is 33.5. The number of nitrogens with zero attached hydrogens (tertiary/aromatic N) is 1. The van der Waals surface area contributed by atoms with Crippen LogP contribution in [0, 0.1) is 0 Å². The minimum atomic E-state index is -0.138. The van der Waals surface area contributed by atoms with Crippen LogP contribution in [0.5, 0.6) is 0 Å². The van der Waals surface area contributed by atoms with Crippen LogP contribution in [-0.4, -0.2) is 0 Å². The number of hydrogen-bond acceptors (Lipinski definition) is 2. The zero-order valence-corrected chi connectivity index (χ0v) is 93.0. The topological polar surface area (TPSA) is 3.24 Å². The van der Waals surface area contributed by atoms with E-state index in [1.165, 1.54) is 92.9 Å². The van der Waals surface area contributed by atoms with Crippen molar-refractivity contribution in [1.82, 2.24) is 0 Å². The standard InChI is InChI=1S/C48H37NS.H43P41/c1-47(2)36-19-9-5-17-34(36)45-38(47)21-13-24-41(45)49(42-25-14-22-39-46(42)35-18-6-10-20-37(35)48(39,3)4)40-23-11-7-15-31(40)30-27-28-33-32-16-8-12-26-43(32)50-44(33)29-30;1-22-33(23(2)3)38(32(20)21)41(39(34(24(4)5)25(6)7)35(26(8)9)27(10)11)40(36(28(12)13)29(14)15)37(30(16)17)31(18)19/h5-29H,1-4H3;22H,1-21H2. The van der Waals surface area contributed by atoms with Crippen molar-refractivity contribution < 1.29 is 0 Å². The first kappa shape index (κ1) is 87.2. The van der Waals surface area contributed by atoms with Crippen LogP contribution in [0.2, 0.25) is 0 Å². The Morgan fingerprint density at radius 1 is 0.319 bits per heavy atom. The van der Waals surface area contributed by atoms with Crippen molar-refractivity contribution in [3.63, 3.8) is 0 Å². The summed E-state index contributed by atoms with van der Waals surface area (Å²) in [5.41, 5.74) is 16.7. The third-order valence-electron chi connectivity index (χ3n) is 15.0. The van der Waals surface area contributed by atoms with Crippen molar-refractivity contribution in [2.75, 3.05) is 4.90 Å². The van der Waals surface area contributed by atoms with E-state index in [1.807, 2.05) is 11.3 Å². The largest absolute Gasteiger partial charge is 0.309 e. The van der Waals surface area contributed by atoms with Crippen molar-refractivity contribution in [3.05, 3.63) is 174 Å². The Bertz CT molecular complexity index is 3580. The lowest BCUT2D eigenvalue weighted by Gasteiger charge is -2.56. The molecule has 0 bridgehead atoms. The predicted molar refractivity (Wildman–Crippen MR) is 558 cm³/mol. The van der Waals surface area contributed by atoms with Gasteiger partial charge >= 0.3 is 0 Å². The van der Waals surface area contributed by atoms with Gasteiger partial charge in [0.05, 0.1) is 17.1 Å². The quantitative estimate of drug-likeness (QED) is 0.0577. The van der Waals surface area contributed by atoms with Crippen molar-refractivity contribution >= 4 is 377 Å². The van der Waals surface area contributed by atoms with Gasteiger partial charge in [-0.1, -0.05) is 157 Å². The number of fused-ring (bicyclic) bond motifs is 9. The summed E-state index contributed by atoms with van der Waals surface area (Å²) >= 11 is 1.88. The van der Waals surface area contributed by atoms with Gasteiger partial charge in [-0.3, -0.25) is 0 Å². The Morgan fingerprint density at radius 2 is 0.659 bits per heavy atom. The lowest BCUT2D eigenvalue weighted by molar-refractivity contribution is 0.660. The van der Waals surface area contributed by atoms with Crippen LogP contribution < -0.4 is 4.90 Å². The lowest BCUT2D eigenvalue weighted by Crippen LogP contribution is -2.17. The number of para-hydroxylation sites is 1. The third-order valence-corrected chi connectivity index (χ3v) is 295. The summed E-state index contributed by atoms with van der Waals surface area (Å²) in [6, 6.07) is 56.7. The highest BCUT2D eigenvalue weighted by molar-refractivity contribution is 9.49. The van der Waals surface area contributed by atoms with Gasteiger partial charge in [0.15, 0.2) is 0 Å². The summed E-state index contributed by atoms with van der Waals surface area (Å²) in [6.07, 6.45) is 0. The van der Waals surface area contributed by atoms with Crippen molar-refractivity contribution in [3.8, 4) is 33.4 Å². The minimum absolute atomic E-state index is 0.00702. The van der Waals surface area contributed by atoms with Crippen molar-refractivity contribution in [1.29, 1.82) is 0 Å². The molecule has 0 saturated carbocycles. The van der Waals surface area contributed by atoms with E-state index in [-0.39, 0.29) is 144 Å². The maximum absolute atomic E-state index is 3.48. The van der Waals surface area contributed by atoms with E-state index in [2.05, 4.69) is 372 Å². The Labute approximate surface area is 620 Å². The molecule has 1 heterocycles. The number of benzene rings is 7. The second-order valence-electron chi connectivity index (χ2n) is 21.3. The molecule has 0 spiro atoms. The number of rotatable bonds is 23. The first-order chi connectivity index (χ1) is 43.0. The first-order valence-electron chi connectivity index (χ1n) is 26.9. The van der Waals surface area contributed by atoms with E-state index in [0.717, 1.165) is 7.96 Å². The molecule has 0 amide bonds. The maximum atomic E-state index is 3.48. The molecular formula is C48H80NP41S. The Hall–Kier alpha value is 12.2. The van der Waals surface area contributed by atoms with E-state index in [9.17, 15) is 0 Å². The van der Waals surface area contributed by atoms with Gasteiger partial charge in [-0.2, -0.15) is 0 Å². The van der Waals surface area contributed by atoms with Gasteiger partial charge in [-0.15, -0.1) is 199 Å². The zero-order chi connectivity index (χ0) is 66.5. The molecule has 7 aromatic carbocycles. The monoisotopic (exact) mass is 1970 g/mol. The SMILES string of the molecule is CC1(C)c2ccccc2-c2c(N(c3ccccc3-c3ccc4c(c3)sc3ccccc34)c3cccc4c3-c3ccccc3C4(C)C)cccc21.PPP(P(P)P)P(P(P)P)P(P(P(P(P)P)P(P)P)P(P(P)P)P(P)P)P(P(P(P)P)P(P)P)P(P(P)P)P(P)P. The van der Waals surface area contributed by atoms with Gasteiger partial charge in [0.2, 0.25) is 0 Å². The zero-order valence-electron chi connectivity index (χ0n) is 49.9. The van der Waals surface area contributed by atoms with Crippen molar-refractivity contribution in [2.45, 2.75) is 38.5 Å². The van der Waals surface area contributed by atoms with Gasteiger partial charge in [0, 0.05) is 47.7 Å². The molecule has 91 heavy (non-hydrogen) atoms. The summed E-state index contributed by atoms with van der Waals surface area (Å²) in [4.78, 5) is 2.58. The number of hydrogen-bond donors (Lipinski definition) is 0. The smallest absolute Gasteiger partial charge is 0.0543 e. The van der Waals surface area contributed by atoms with Crippen LogP contribution in [0.25, 0.3) is 53.6 Å². The molecule has 0 N–H and O–H groups in total. The fraction of sp³-hybridized carbons (Fsp3) is 0.125. The van der Waals surface area contributed by atoms with E-state index < -0.39 is 0 Å². The molecule has 2 aliphatic rings. The molecule has 0 saturated heterocycles. The minimum Gasteiger partial charge on any atom is -0.309 e. The second kappa shape index (κ2) is 39.8. The fourth-order valence-corrected chi connectivity index (χ4v) is 578. The predicted octanol–water partition coefficient (Wildman–Crippen LogP) is 37.6. The molecule has 24 atom stereocenters. The van der Waals surface area contributed by atoms with Crippen LogP contribution in [0.4, 0.5) is 17.1 Å². The summed E-state index contributed by atoms with van der Waals surface area (Å²) < 4.78 is 2.65. The van der Waals surface area contributed by atoms with Crippen LogP contribution in [0.1, 0.15) is 49.9 Å². The van der Waals surface area contributed by atoms with Gasteiger partial charge in [-0.05, 0) is 202 Å². The molecule has 10 rings (SSSR count). The fourth-order valence-electron chi connectivity index (χ4n) is 11.4. The second-order valence-corrected chi connectivity index (χ2v) is 188. The van der Waals surface area contributed by atoms with Crippen LogP contribution >= 0.6 is 340 Å². The Morgan fingerprint density at radius 3 is 1.07 bits per heavy atom. The van der Waals surface area contributed by atoms with Gasteiger partial charge < -0.3 is 4.90 Å². The Balaban J connectivity index is 0.000000222. The highest BCUT2D eigenvalue weighted by Crippen LogP contribution is 3.43. The molecule has 0 radical (unpaired) electrons. The van der Waals surface area contributed by atoms with E-state index in [1.54, 1.807) is 0 Å². The first-order valence-corrected chi connectivity index (χ1v) is 102.